The van der Waals surface area contributed by atoms with Crippen molar-refractivity contribution in [2.45, 2.75) is 20.3 Å². The van der Waals surface area contributed by atoms with Crippen molar-refractivity contribution in [1.29, 1.82) is 0 Å². The van der Waals surface area contributed by atoms with Crippen LogP contribution in [0.5, 0.6) is 0 Å². The summed E-state index contributed by atoms with van der Waals surface area (Å²) in [5.74, 6) is -1.15. The highest BCUT2D eigenvalue weighted by molar-refractivity contribution is 6.06. The summed E-state index contributed by atoms with van der Waals surface area (Å²) >= 11 is 0. The first-order valence-corrected chi connectivity index (χ1v) is 6.66. The van der Waals surface area contributed by atoms with Gasteiger partial charge in [0.15, 0.2) is 0 Å². The summed E-state index contributed by atoms with van der Waals surface area (Å²) < 4.78 is 0. The lowest BCUT2D eigenvalue weighted by Gasteiger charge is -2.13. The first kappa shape index (κ1) is 14.8. The van der Waals surface area contributed by atoms with Crippen LogP contribution in [0.1, 0.15) is 27.0 Å². The highest BCUT2D eigenvalue weighted by Gasteiger charge is 2.14. The van der Waals surface area contributed by atoms with Crippen molar-refractivity contribution in [3.8, 4) is 0 Å². The van der Waals surface area contributed by atoms with Crippen LogP contribution in [0.2, 0.25) is 0 Å². The molecule has 4 heteroatoms. The summed E-state index contributed by atoms with van der Waals surface area (Å²) in [7, 11) is 0. The standard InChI is InChI=1S/C17H17NO3/c1-11-6-5-7-12(2)16(11)17(21)18-14-9-4-3-8-13(14)10-15(19)20/h3-9H,10H2,1-2H3,(H,18,21)(H,19,20). The van der Waals surface area contributed by atoms with Gasteiger partial charge in [-0.15, -0.1) is 0 Å². The second-order valence-electron chi connectivity index (χ2n) is 4.95. The van der Waals surface area contributed by atoms with Gasteiger partial charge in [-0.25, -0.2) is 0 Å². The zero-order chi connectivity index (χ0) is 15.4. The fourth-order valence-corrected chi connectivity index (χ4v) is 2.32. The van der Waals surface area contributed by atoms with Crippen LogP contribution in [-0.4, -0.2) is 17.0 Å². The molecule has 0 saturated heterocycles. The molecule has 0 aliphatic heterocycles. The van der Waals surface area contributed by atoms with Gasteiger partial charge in [-0.05, 0) is 36.6 Å². The molecule has 2 N–H and O–H groups in total. The van der Waals surface area contributed by atoms with Crippen molar-refractivity contribution in [2.24, 2.45) is 0 Å². The Morgan fingerprint density at radius 2 is 1.62 bits per heavy atom. The van der Waals surface area contributed by atoms with E-state index in [4.69, 9.17) is 5.11 Å². The Bertz CT molecular complexity index is 672. The Kier molecular flexibility index (Phi) is 4.38. The molecule has 0 aliphatic rings. The number of nitrogens with one attached hydrogen (secondary N) is 1. The Balaban J connectivity index is 2.30. The molecule has 0 radical (unpaired) electrons. The third kappa shape index (κ3) is 3.48. The van der Waals surface area contributed by atoms with Gasteiger partial charge < -0.3 is 10.4 Å². The second-order valence-corrected chi connectivity index (χ2v) is 4.95. The number of carbonyl (C=O) groups is 2. The summed E-state index contributed by atoms with van der Waals surface area (Å²) in [4.78, 5) is 23.3. The van der Waals surface area contributed by atoms with E-state index in [0.717, 1.165) is 11.1 Å². The molecular formula is C17H17NO3. The van der Waals surface area contributed by atoms with Crippen molar-refractivity contribution in [3.63, 3.8) is 0 Å². The summed E-state index contributed by atoms with van der Waals surface area (Å²) in [5, 5.41) is 11.7. The van der Waals surface area contributed by atoms with Crippen molar-refractivity contribution in [1.82, 2.24) is 0 Å². The lowest BCUT2D eigenvalue weighted by Crippen LogP contribution is -2.16. The summed E-state index contributed by atoms with van der Waals surface area (Å²) in [6, 6.07) is 12.6. The molecule has 1 amide bonds. The van der Waals surface area contributed by atoms with Gasteiger partial charge in [0, 0.05) is 11.3 Å². The van der Waals surface area contributed by atoms with E-state index in [-0.39, 0.29) is 12.3 Å². The van der Waals surface area contributed by atoms with Gasteiger partial charge in [0.2, 0.25) is 0 Å². The normalized spacial score (nSPS) is 10.2. The van der Waals surface area contributed by atoms with Crippen LogP contribution in [0, 0.1) is 13.8 Å². The minimum absolute atomic E-state index is 0.122. The number of aliphatic carboxylic acids is 1. The number of aryl methyl sites for hydroxylation is 2. The Labute approximate surface area is 123 Å². The van der Waals surface area contributed by atoms with Crippen LogP contribution in [0.4, 0.5) is 5.69 Å². The monoisotopic (exact) mass is 283 g/mol. The molecule has 0 aromatic heterocycles. The third-order valence-electron chi connectivity index (χ3n) is 3.32. The first-order chi connectivity index (χ1) is 9.99. The van der Waals surface area contributed by atoms with Gasteiger partial charge in [-0.3, -0.25) is 9.59 Å². The van der Waals surface area contributed by atoms with E-state index in [1.165, 1.54) is 0 Å². The number of carboxylic acids is 1. The molecule has 0 spiro atoms. The SMILES string of the molecule is Cc1cccc(C)c1C(=O)Nc1ccccc1CC(=O)O. The van der Waals surface area contributed by atoms with E-state index in [2.05, 4.69) is 5.32 Å². The minimum Gasteiger partial charge on any atom is -0.481 e. The highest BCUT2D eigenvalue weighted by Crippen LogP contribution is 2.19. The predicted molar refractivity (Wildman–Crippen MR) is 81.7 cm³/mol. The zero-order valence-electron chi connectivity index (χ0n) is 12.0. The van der Waals surface area contributed by atoms with Crippen LogP contribution in [-0.2, 0) is 11.2 Å². The molecule has 0 atom stereocenters. The van der Waals surface area contributed by atoms with E-state index in [9.17, 15) is 9.59 Å². The number of anilines is 1. The summed E-state index contributed by atoms with van der Waals surface area (Å²) in [6.45, 7) is 3.76. The molecular weight excluding hydrogens is 266 g/mol. The maximum absolute atomic E-state index is 12.4. The van der Waals surface area contributed by atoms with Crippen LogP contribution >= 0.6 is 0 Å². The Morgan fingerprint density at radius 3 is 2.24 bits per heavy atom. The number of hydrogen-bond donors (Lipinski definition) is 2. The number of carboxylic acid groups (broad SMARTS) is 1. The fourth-order valence-electron chi connectivity index (χ4n) is 2.32. The summed E-state index contributed by atoms with van der Waals surface area (Å²) in [6.07, 6.45) is -0.122. The highest BCUT2D eigenvalue weighted by atomic mass is 16.4. The smallest absolute Gasteiger partial charge is 0.307 e. The Hall–Kier alpha value is -2.62. The number of amides is 1. The Morgan fingerprint density at radius 1 is 1.00 bits per heavy atom. The van der Waals surface area contributed by atoms with E-state index in [0.29, 0.717) is 16.8 Å². The van der Waals surface area contributed by atoms with Crippen molar-refractivity contribution in [3.05, 3.63) is 64.7 Å². The molecule has 2 aromatic carbocycles. The van der Waals surface area contributed by atoms with Crippen molar-refractivity contribution >= 4 is 17.6 Å². The average Bonchev–Trinajstić information content (AvgIpc) is 2.40. The van der Waals surface area contributed by atoms with Crippen LogP contribution < -0.4 is 5.32 Å². The minimum atomic E-state index is -0.927. The van der Waals surface area contributed by atoms with E-state index >= 15 is 0 Å². The van der Waals surface area contributed by atoms with Gasteiger partial charge in [-0.2, -0.15) is 0 Å². The van der Waals surface area contributed by atoms with Crippen LogP contribution in [0.25, 0.3) is 0 Å². The maximum Gasteiger partial charge on any atom is 0.307 e. The molecule has 4 nitrogen and oxygen atoms in total. The number of hydrogen-bond acceptors (Lipinski definition) is 2. The fraction of sp³-hybridized carbons (Fsp3) is 0.176. The zero-order valence-corrected chi connectivity index (χ0v) is 12.0. The number of para-hydroxylation sites is 1. The lowest BCUT2D eigenvalue weighted by atomic mass is 10.0. The molecule has 108 valence electrons. The molecule has 21 heavy (non-hydrogen) atoms. The van der Waals surface area contributed by atoms with E-state index in [1.807, 2.05) is 32.0 Å². The topological polar surface area (TPSA) is 66.4 Å². The number of benzene rings is 2. The quantitative estimate of drug-likeness (QED) is 0.905. The van der Waals surface area contributed by atoms with Gasteiger partial charge >= 0.3 is 5.97 Å². The number of carbonyl (C=O) groups excluding carboxylic acids is 1. The van der Waals surface area contributed by atoms with Gasteiger partial charge in [0.25, 0.3) is 5.91 Å². The maximum atomic E-state index is 12.4. The molecule has 2 aromatic rings. The molecule has 0 heterocycles. The van der Waals surface area contributed by atoms with Crippen LogP contribution in [0.3, 0.4) is 0 Å². The van der Waals surface area contributed by atoms with Crippen molar-refractivity contribution < 1.29 is 14.7 Å². The third-order valence-corrected chi connectivity index (χ3v) is 3.32. The molecule has 0 bridgehead atoms. The van der Waals surface area contributed by atoms with Gasteiger partial charge in [0.1, 0.15) is 0 Å². The lowest BCUT2D eigenvalue weighted by molar-refractivity contribution is -0.136. The number of rotatable bonds is 4. The second kappa shape index (κ2) is 6.22. The molecule has 0 unspecified atom stereocenters. The summed E-state index contributed by atoms with van der Waals surface area (Å²) in [5.41, 5.74) is 3.53. The molecule has 0 aliphatic carbocycles. The molecule has 0 saturated carbocycles. The van der Waals surface area contributed by atoms with E-state index < -0.39 is 5.97 Å². The first-order valence-electron chi connectivity index (χ1n) is 6.66. The van der Waals surface area contributed by atoms with Crippen molar-refractivity contribution in [2.75, 3.05) is 5.32 Å². The van der Waals surface area contributed by atoms with Gasteiger partial charge in [-0.1, -0.05) is 36.4 Å². The predicted octanol–water partition coefficient (Wildman–Crippen LogP) is 3.18. The van der Waals surface area contributed by atoms with E-state index in [1.54, 1.807) is 24.3 Å². The average molecular weight is 283 g/mol. The molecule has 2 rings (SSSR count). The van der Waals surface area contributed by atoms with Gasteiger partial charge in [0.05, 0.1) is 6.42 Å². The largest absolute Gasteiger partial charge is 0.481 e. The van der Waals surface area contributed by atoms with Crippen LogP contribution in [0.15, 0.2) is 42.5 Å². The molecule has 0 fully saturated rings.